The van der Waals surface area contributed by atoms with E-state index in [9.17, 15) is 9.59 Å². The van der Waals surface area contributed by atoms with E-state index in [1.54, 1.807) is 13.8 Å². The molecule has 0 aromatic rings. The van der Waals surface area contributed by atoms with Crippen molar-refractivity contribution >= 4 is 11.9 Å². The lowest BCUT2D eigenvalue weighted by Crippen LogP contribution is -2.34. The Morgan fingerprint density at radius 3 is 1.44 bits per heavy atom. The summed E-state index contributed by atoms with van der Waals surface area (Å²) in [7, 11) is 0. The second-order valence-corrected chi connectivity index (χ2v) is 3.37. The number of hydrogen-bond donors (Lipinski definition) is 2. The summed E-state index contributed by atoms with van der Waals surface area (Å²) < 4.78 is 0. The molecule has 0 spiro atoms. The number of rotatable bonds is 11. The zero-order valence-electron chi connectivity index (χ0n) is 10.7. The first-order chi connectivity index (χ1) is 8.49. The van der Waals surface area contributed by atoms with Gasteiger partial charge in [-0.05, 0) is 0 Å². The molecule has 0 heterocycles. The van der Waals surface area contributed by atoms with Crippen molar-refractivity contribution in [3.8, 4) is 0 Å². The summed E-state index contributed by atoms with van der Waals surface area (Å²) in [6, 6.07) is 0. The van der Waals surface area contributed by atoms with Gasteiger partial charge in [-0.2, -0.15) is 10.1 Å². The lowest BCUT2D eigenvalue weighted by molar-refractivity contribution is -0.215. The second-order valence-electron chi connectivity index (χ2n) is 3.37. The van der Waals surface area contributed by atoms with Crippen LogP contribution >= 0.6 is 0 Å². The molecule has 0 saturated heterocycles. The van der Waals surface area contributed by atoms with Crippen LogP contribution in [0.2, 0.25) is 0 Å². The van der Waals surface area contributed by atoms with Gasteiger partial charge in [0.25, 0.3) is 0 Å². The lowest BCUT2D eigenvalue weighted by Gasteiger charge is -2.20. The molecule has 0 aromatic heterocycles. The van der Waals surface area contributed by atoms with Crippen LogP contribution in [-0.4, -0.2) is 71.7 Å². The fraction of sp³-hybridized carbons (Fsp3) is 0.800. The number of hydrogen-bond acceptors (Lipinski definition) is 6. The molecule has 8 nitrogen and oxygen atoms in total. The van der Waals surface area contributed by atoms with E-state index in [0.29, 0.717) is 13.1 Å². The van der Waals surface area contributed by atoms with Crippen LogP contribution in [0.5, 0.6) is 0 Å². The van der Waals surface area contributed by atoms with Crippen LogP contribution in [0.25, 0.3) is 0 Å². The van der Waals surface area contributed by atoms with Crippen molar-refractivity contribution in [2.75, 3.05) is 39.4 Å². The van der Waals surface area contributed by atoms with Crippen LogP contribution in [-0.2, 0) is 19.3 Å². The molecule has 0 aliphatic heterocycles. The number of likely N-dealkylation sites (N-methyl/N-ethyl adjacent to an activating group) is 2. The van der Waals surface area contributed by atoms with Gasteiger partial charge in [0.15, 0.2) is 0 Å². The maximum Gasteiger partial charge on any atom is 0.320 e. The zero-order chi connectivity index (χ0) is 14.0. The van der Waals surface area contributed by atoms with Crippen LogP contribution in [0.3, 0.4) is 0 Å². The molecule has 0 unspecified atom stereocenters. The fourth-order valence-corrected chi connectivity index (χ4v) is 1.13. The number of carboxylic acid groups (broad SMARTS) is 2. The molecule has 8 heteroatoms. The summed E-state index contributed by atoms with van der Waals surface area (Å²) in [6.07, 6.45) is 0. The first kappa shape index (κ1) is 16.8. The fourth-order valence-electron chi connectivity index (χ4n) is 1.13. The average molecular weight is 264 g/mol. The van der Waals surface area contributed by atoms with E-state index in [-0.39, 0.29) is 26.3 Å². The van der Waals surface area contributed by atoms with Gasteiger partial charge in [0, 0.05) is 13.1 Å². The maximum absolute atomic E-state index is 10.5. The van der Waals surface area contributed by atoms with Gasteiger partial charge in [-0.25, -0.2) is 0 Å². The molecule has 0 aromatic carbocycles. The SMILES string of the molecule is CCN(CC(=O)O)OCCON(CC)CC(=O)O. The third-order valence-corrected chi connectivity index (χ3v) is 1.96. The Bertz CT molecular complexity index is 235. The van der Waals surface area contributed by atoms with Gasteiger partial charge < -0.3 is 10.2 Å². The highest BCUT2D eigenvalue weighted by molar-refractivity contribution is 5.69. The standard InChI is InChI=1S/C10H20N2O6/c1-3-11(7-9(13)14)17-5-6-18-12(4-2)8-10(15)16/h3-8H2,1-2H3,(H,13,14)(H,15,16). The molecular formula is C10H20N2O6. The van der Waals surface area contributed by atoms with Crippen LogP contribution in [0.4, 0.5) is 0 Å². The Hall–Kier alpha value is -1.22. The average Bonchev–Trinajstić information content (AvgIpc) is 2.30. The van der Waals surface area contributed by atoms with Gasteiger partial charge in [0.1, 0.15) is 13.1 Å². The summed E-state index contributed by atoms with van der Waals surface area (Å²) in [5.74, 6) is -1.95. The zero-order valence-corrected chi connectivity index (χ0v) is 10.7. The predicted molar refractivity (Wildman–Crippen MR) is 61.7 cm³/mol. The molecule has 0 aliphatic carbocycles. The van der Waals surface area contributed by atoms with Crippen molar-refractivity contribution in [3.63, 3.8) is 0 Å². The van der Waals surface area contributed by atoms with Crippen LogP contribution in [0.1, 0.15) is 13.8 Å². The minimum Gasteiger partial charge on any atom is -0.480 e. The molecule has 0 fully saturated rings. The highest BCUT2D eigenvalue weighted by atomic mass is 16.7. The van der Waals surface area contributed by atoms with Crippen molar-refractivity contribution in [1.82, 2.24) is 10.1 Å². The minimum atomic E-state index is -0.973. The van der Waals surface area contributed by atoms with E-state index in [1.807, 2.05) is 0 Å². The van der Waals surface area contributed by atoms with Crippen molar-refractivity contribution in [2.45, 2.75) is 13.8 Å². The van der Waals surface area contributed by atoms with Gasteiger partial charge in [0.05, 0.1) is 13.2 Å². The Kier molecular flexibility index (Phi) is 9.11. The topological polar surface area (TPSA) is 99.5 Å². The van der Waals surface area contributed by atoms with E-state index in [1.165, 1.54) is 10.1 Å². The Morgan fingerprint density at radius 1 is 0.889 bits per heavy atom. The van der Waals surface area contributed by atoms with Crippen molar-refractivity contribution in [1.29, 1.82) is 0 Å². The Balaban J connectivity index is 3.75. The monoisotopic (exact) mass is 264 g/mol. The van der Waals surface area contributed by atoms with Gasteiger partial charge in [-0.15, -0.1) is 0 Å². The van der Waals surface area contributed by atoms with Crippen molar-refractivity contribution in [3.05, 3.63) is 0 Å². The molecule has 0 rings (SSSR count). The van der Waals surface area contributed by atoms with Gasteiger partial charge in [0.2, 0.25) is 0 Å². The quantitative estimate of drug-likeness (QED) is 0.386. The summed E-state index contributed by atoms with van der Waals surface area (Å²) in [6.45, 7) is 4.34. The van der Waals surface area contributed by atoms with E-state index in [2.05, 4.69) is 0 Å². The van der Waals surface area contributed by atoms with Gasteiger partial charge in [-0.3, -0.25) is 19.3 Å². The minimum absolute atomic E-state index is 0.164. The normalized spacial score (nSPS) is 11.1. The highest BCUT2D eigenvalue weighted by Gasteiger charge is 2.10. The van der Waals surface area contributed by atoms with E-state index >= 15 is 0 Å². The number of hydroxylamine groups is 4. The Labute approximate surface area is 106 Å². The molecule has 0 saturated carbocycles. The van der Waals surface area contributed by atoms with Gasteiger partial charge >= 0.3 is 11.9 Å². The summed E-state index contributed by atoms with van der Waals surface area (Å²) in [5, 5.41) is 19.7. The summed E-state index contributed by atoms with van der Waals surface area (Å²) in [5.41, 5.74) is 0. The third-order valence-electron chi connectivity index (χ3n) is 1.96. The smallest absolute Gasteiger partial charge is 0.320 e. The highest BCUT2D eigenvalue weighted by Crippen LogP contribution is 1.93. The lowest BCUT2D eigenvalue weighted by atomic mass is 10.6. The van der Waals surface area contributed by atoms with Crippen LogP contribution < -0.4 is 0 Å². The largest absolute Gasteiger partial charge is 0.480 e. The molecule has 0 aliphatic rings. The second kappa shape index (κ2) is 9.77. The summed E-state index contributed by atoms with van der Waals surface area (Å²) >= 11 is 0. The molecular weight excluding hydrogens is 244 g/mol. The molecule has 2 N–H and O–H groups in total. The molecule has 0 amide bonds. The molecule has 18 heavy (non-hydrogen) atoms. The first-order valence-electron chi connectivity index (χ1n) is 5.68. The van der Waals surface area contributed by atoms with Crippen molar-refractivity contribution in [2.24, 2.45) is 0 Å². The van der Waals surface area contributed by atoms with Crippen LogP contribution in [0, 0.1) is 0 Å². The van der Waals surface area contributed by atoms with E-state index in [0.717, 1.165) is 0 Å². The molecule has 106 valence electrons. The van der Waals surface area contributed by atoms with E-state index in [4.69, 9.17) is 19.9 Å². The summed E-state index contributed by atoms with van der Waals surface area (Å²) in [4.78, 5) is 31.2. The van der Waals surface area contributed by atoms with Crippen molar-refractivity contribution < 1.29 is 29.5 Å². The number of carbonyl (C=O) groups is 2. The maximum atomic E-state index is 10.5. The number of carboxylic acids is 2. The Morgan fingerprint density at radius 2 is 1.22 bits per heavy atom. The molecule has 0 bridgehead atoms. The van der Waals surface area contributed by atoms with Gasteiger partial charge in [-0.1, -0.05) is 13.8 Å². The number of nitrogens with zero attached hydrogens (tertiary/aromatic N) is 2. The number of aliphatic carboxylic acids is 2. The molecule has 0 radical (unpaired) electrons. The van der Waals surface area contributed by atoms with E-state index < -0.39 is 11.9 Å². The first-order valence-corrected chi connectivity index (χ1v) is 5.68. The third kappa shape index (κ3) is 8.88. The predicted octanol–water partition coefficient (Wildman–Crippen LogP) is -0.337. The van der Waals surface area contributed by atoms with Crippen LogP contribution in [0.15, 0.2) is 0 Å². The molecule has 0 atom stereocenters.